The molecule has 2 aliphatic rings. The Morgan fingerprint density at radius 3 is 2.88 bits per heavy atom. The van der Waals surface area contributed by atoms with Crippen molar-refractivity contribution in [1.29, 1.82) is 0 Å². The van der Waals surface area contributed by atoms with Gasteiger partial charge in [0.15, 0.2) is 0 Å². The summed E-state index contributed by atoms with van der Waals surface area (Å²) in [6, 6.07) is 8.60. The minimum atomic E-state index is 0.143. The highest BCUT2D eigenvalue weighted by Gasteiger charge is 2.29. The summed E-state index contributed by atoms with van der Waals surface area (Å²) in [5.41, 5.74) is 5.67. The third-order valence-corrected chi connectivity index (χ3v) is 3.97. The van der Waals surface area contributed by atoms with Crippen LogP contribution in [0.15, 0.2) is 29.8 Å². The van der Waals surface area contributed by atoms with Gasteiger partial charge in [-0.2, -0.15) is 0 Å². The van der Waals surface area contributed by atoms with Crippen molar-refractivity contribution in [2.75, 3.05) is 0 Å². The van der Waals surface area contributed by atoms with Gasteiger partial charge in [-0.15, -0.1) is 0 Å². The molecule has 1 atom stereocenters. The first-order chi connectivity index (χ1) is 7.77. The molecule has 0 spiro atoms. The molecule has 16 heavy (non-hydrogen) atoms. The molecular formula is C15H16O. The van der Waals surface area contributed by atoms with Gasteiger partial charge < -0.3 is 0 Å². The number of benzene rings is 1. The topological polar surface area (TPSA) is 17.1 Å². The van der Waals surface area contributed by atoms with Crippen LogP contribution in [0.5, 0.6) is 0 Å². The summed E-state index contributed by atoms with van der Waals surface area (Å²) < 4.78 is 0. The summed E-state index contributed by atoms with van der Waals surface area (Å²) in [6.07, 6.45) is 3.87. The first kappa shape index (κ1) is 9.83. The Morgan fingerprint density at radius 2 is 2.00 bits per heavy atom. The van der Waals surface area contributed by atoms with E-state index in [9.17, 15) is 4.79 Å². The van der Waals surface area contributed by atoms with E-state index in [1.165, 1.54) is 22.3 Å². The SMILES string of the molecule is C[C@H]1C(=O)CCCC2=C1Cc1ccccc12. The molecule has 0 heterocycles. The van der Waals surface area contributed by atoms with Crippen molar-refractivity contribution in [2.24, 2.45) is 5.92 Å². The molecule has 82 valence electrons. The Bertz CT molecular complexity index is 482. The molecule has 1 aromatic carbocycles. The van der Waals surface area contributed by atoms with Gasteiger partial charge in [-0.05, 0) is 36.0 Å². The van der Waals surface area contributed by atoms with Crippen molar-refractivity contribution in [2.45, 2.75) is 32.6 Å². The summed E-state index contributed by atoms with van der Waals surface area (Å²) in [5, 5.41) is 0. The van der Waals surface area contributed by atoms with Crippen LogP contribution in [0.25, 0.3) is 5.57 Å². The van der Waals surface area contributed by atoms with Crippen molar-refractivity contribution in [3.05, 3.63) is 41.0 Å². The van der Waals surface area contributed by atoms with Crippen LogP contribution in [0.4, 0.5) is 0 Å². The van der Waals surface area contributed by atoms with E-state index in [2.05, 4.69) is 31.2 Å². The molecule has 1 aromatic rings. The van der Waals surface area contributed by atoms with Crippen molar-refractivity contribution >= 4 is 11.4 Å². The van der Waals surface area contributed by atoms with Crippen LogP contribution in [0, 0.1) is 5.92 Å². The number of ketones is 1. The van der Waals surface area contributed by atoms with E-state index in [1.54, 1.807) is 0 Å². The second kappa shape index (κ2) is 3.58. The van der Waals surface area contributed by atoms with Gasteiger partial charge in [0.25, 0.3) is 0 Å². The summed E-state index contributed by atoms with van der Waals surface area (Å²) in [6.45, 7) is 2.08. The molecule has 2 aliphatic carbocycles. The minimum Gasteiger partial charge on any atom is -0.299 e. The molecule has 0 radical (unpaired) electrons. The summed E-state index contributed by atoms with van der Waals surface area (Å²) >= 11 is 0. The van der Waals surface area contributed by atoms with Gasteiger partial charge in [0.05, 0.1) is 0 Å². The third-order valence-electron chi connectivity index (χ3n) is 3.97. The third kappa shape index (κ3) is 1.35. The van der Waals surface area contributed by atoms with Gasteiger partial charge in [0.1, 0.15) is 5.78 Å². The monoisotopic (exact) mass is 212 g/mol. The van der Waals surface area contributed by atoms with Crippen molar-refractivity contribution in [3.8, 4) is 0 Å². The Labute approximate surface area is 96.2 Å². The molecule has 0 fully saturated rings. The highest BCUT2D eigenvalue weighted by atomic mass is 16.1. The van der Waals surface area contributed by atoms with Crippen LogP contribution in [0.3, 0.4) is 0 Å². The van der Waals surface area contributed by atoms with Crippen LogP contribution in [0.1, 0.15) is 37.3 Å². The summed E-state index contributed by atoms with van der Waals surface area (Å²) in [5.74, 6) is 0.572. The lowest BCUT2D eigenvalue weighted by molar-refractivity contribution is -0.121. The lowest BCUT2D eigenvalue weighted by atomic mass is 9.93. The summed E-state index contributed by atoms with van der Waals surface area (Å²) in [4.78, 5) is 11.9. The standard InChI is InChI=1S/C15H16O/c1-10-14-9-11-5-2-3-6-12(11)13(14)7-4-8-15(10)16/h2-3,5-6,10H,4,7-9H2,1H3/t10-/m1/s1. The number of rotatable bonds is 0. The van der Waals surface area contributed by atoms with Crippen molar-refractivity contribution < 1.29 is 4.79 Å². The molecule has 0 N–H and O–H groups in total. The lowest BCUT2D eigenvalue weighted by Crippen LogP contribution is -2.12. The second-order valence-corrected chi connectivity index (χ2v) is 4.88. The van der Waals surface area contributed by atoms with Gasteiger partial charge in [0.2, 0.25) is 0 Å². The van der Waals surface area contributed by atoms with E-state index < -0.39 is 0 Å². The molecular weight excluding hydrogens is 196 g/mol. The molecule has 0 amide bonds. The van der Waals surface area contributed by atoms with Gasteiger partial charge in [0, 0.05) is 12.3 Å². The number of hydrogen-bond acceptors (Lipinski definition) is 1. The van der Waals surface area contributed by atoms with Crippen molar-refractivity contribution in [1.82, 2.24) is 0 Å². The Kier molecular flexibility index (Phi) is 2.20. The van der Waals surface area contributed by atoms with E-state index in [1.807, 2.05) is 0 Å². The minimum absolute atomic E-state index is 0.143. The van der Waals surface area contributed by atoms with Crippen LogP contribution < -0.4 is 0 Å². The highest BCUT2D eigenvalue weighted by molar-refractivity contribution is 5.90. The maximum atomic E-state index is 11.9. The second-order valence-electron chi connectivity index (χ2n) is 4.88. The fourth-order valence-corrected chi connectivity index (χ4v) is 3.01. The average molecular weight is 212 g/mol. The molecule has 0 saturated heterocycles. The van der Waals surface area contributed by atoms with E-state index in [-0.39, 0.29) is 5.92 Å². The molecule has 1 heteroatoms. The van der Waals surface area contributed by atoms with Crippen molar-refractivity contribution in [3.63, 3.8) is 0 Å². The Hall–Kier alpha value is -1.37. The maximum Gasteiger partial charge on any atom is 0.139 e. The van der Waals surface area contributed by atoms with Crippen LogP contribution in [-0.4, -0.2) is 5.78 Å². The zero-order chi connectivity index (χ0) is 11.1. The molecule has 0 aliphatic heterocycles. The van der Waals surface area contributed by atoms with E-state index in [0.717, 1.165) is 25.7 Å². The normalized spacial score (nSPS) is 24.1. The molecule has 3 rings (SSSR count). The number of fused-ring (bicyclic) bond motifs is 2. The fraction of sp³-hybridized carbons (Fsp3) is 0.400. The van der Waals surface area contributed by atoms with Crippen LogP contribution in [-0.2, 0) is 11.2 Å². The van der Waals surface area contributed by atoms with Gasteiger partial charge in [-0.3, -0.25) is 4.79 Å². The largest absolute Gasteiger partial charge is 0.299 e. The smallest absolute Gasteiger partial charge is 0.139 e. The molecule has 1 nitrogen and oxygen atoms in total. The fourth-order valence-electron chi connectivity index (χ4n) is 3.01. The molecule has 0 bridgehead atoms. The van der Waals surface area contributed by atoms with Crippen LogP contribution >= 0.6 is 0 Å². The van der Waals surface area contributed by atoms with Gasteiger partial charge >= 0.3 is 0 Å². The zero-order valence-electron chi connectivity index (χ0n) is 9.62. The van der Waals surface area contributed by atoms with Gasteiger partial charge in [-0.1, -0.05) is 36.8 Å². The number of carbonyl (C=O) groups excluding carboxylic acids is 1. The molecule has 0 aromatic heterocycles. The number of carbonyl (C=O) groups is 1. The van der Waals surface area contributed by atoms with E-state index in [0.29, 0.717) is 5.78 Å². The zero-order valence-corrected chi connectivity index (χ0v) is 9.62. The molecule has 0 unspecified atom stereocenters. The molecule has 0 saturated carbocycles. The Morgan fingerprint density at radius 1 is 1.19 bits per heavy atom. The highest BCUT2D eigenvalue weighted by Crippen LogP contribution is 2.41. The number of allylic oxidation sites excluding steroid dienone is 2. The first-order valence-corrected chi connectivity index (χ1v) is 6.10. The van der Waals surface area contributed by atoms with E-state index >= 15 is 0 Å². The number of Topliss-reactive ketones (excluding diaryl/α,β-unsaturated/α-hetero) is 1. The predicted molar refractivity (Wildman–Crippen MR) is 65.1 cm³/mol. The quantitative estimate of drug-likeness (QED) is 0.644. The summed E-state index contributed by atoms with van der Waals surface area (Å²) in [7, 11) is 0. The van der Waals surface area contributed by atoms with E-state index in [4.69, 9.17) is 0 Å². The van der Waals surface area contributed by atoms with Crippen LogP contribution in [0.2, 0.25) is 0 Å². The van der Waals surface area contributed by atoms with Gasteiger partial charge in [-0.25, -0.2) is 0 Å². The predicted octanol–water partition coefficient (Wildman–Crippen LogP) is 3.39. The maximum absolute atomic E-state index is 11.9. The lowest BCUT2D eigenvalue weighted by Gasteiger charge is -2.10. The average Bonchev–Trinajstić information content (AvgIpc) is 2.61. The first-order valence-electron chi connectivity index (χ1n) is 6.10. The Balaban J connectivity index is 2.10. The number of hydrogen-bond donors (Lipinski definition) is 0.